The second-order valence-corrected chi connectivity index (χ2v) is 5.70. The lowest BCUT2D eigenvalue weighted by molar-refractivity contribution is -0.138. The number of aliphatic hydroxyl groups excluding tert-OH is 1. The van der Waals surface area contributed by atoms with Crippen molar-refractivity contribution in [3.05, 3.63) is 0 Å². The molecule has 2 N–H and O–H groups in total. The highest BCUT2D eigenvalue weighted by Crippen LogP contribution is 2.18. The van der Waals surface area contributed by atoms with Crippen molar-refractivity contribution < 1.29 is 24.5 Å². The van der Waals surface area contributed by atoms with Crippen molar-refractivity contribution in [1.82, 2.24) is 9.80 Å². The maximum atomic E-state index is 12.3. The molecule has 2 aliphatic rings. The van der Waals surface area contributed by atoms with Crippen molar-refractivity contribution in [3.63, 3.8) is 0 Å². The molecule has 2 saturated heterocycles. The number of carbonyl (C=O) groups excluding carboxylic acids is 1. The van der Waals surface area contributed by atoms with Crippen LogP contribution in [0.15, 0.2) is 0 Å². The number of rotatable bonds is 4. The molecule has 0 unspecified atom stereocenters. The zero-order valence-electron chi connectivity index (χ0n) is 12.2. The third kappa shape index (κ3) is 4.86. The Labute approximate surface area is 124 Å². The number of carboxylic acids is 1. The predicted octanol–water partition coefficient (Wildman–Crippen LogP) is 0.519. The van der Waals surface area contributed by atoms with Gasteiger partial charge >= 0.3 is 12.0 Å². The quantitative estimate of drug-likeness (QED) is 0.790. The summed E-state index contributed by atoms with van der Waals surface area (Å²) in [6.07, 6.45) is 2.61. The highest BCUT2D eigenvalue weighted by molar-refractivity contribution is 5.74. The van der Waals surface area contributed by atoms with Gasteiger partial charge in [-0.1, -0.05) is 0 Å². The second-order valence-electron chi connectivity index (χ2n) is 5.70. The van der Waals surface area contributed by atoms with Crippen LogP contribution in [0.1, 0.15) is 32.1 Å². The molecule has 0 atom stereocenters. The summed E-state index contributed by atoms with van der Waals surface area (Å²) in [5.74, 6) is -0.852. The summed E-state index contributed by atoms with van der Waals surface area (Å²) in [6, 6.07) is 0.0471. The maximum Gasteiger partial charge on any atom is 0.320 e. The minimum atomic E-state index is -0.852. The first kappa shape index (κ1) is 16.0. The molecule has 2 aliphatic heterocycles. The van der Waals surface area contributed by atoms with Gasteiger partial charge in [-0.15, -0.1) is 0 Å². The van der Waals surface area contributed by atoms with Crippen molar-refractivity contribution in [3.8, 4) is 0 Å². The first-order valence-corrected chi connectivity index (χ1v) is 7.61. The Kier molecular flexibility index (Phi) is 5.81. The SMILES string of the molecule is O=C(O)CCOC1CCN(C(=O)N2CCC(O)CC2)CC1. The van der Waals surface area contributed by atoms with Gasteiger partial charge in [-0.3, -0.25) is 4.79 Å². The largest absolute Gasteiger partial charge is 0.481 e. The van der Waals surface area contributed by atoms with Crippen LogP contribution >= 0.6 is 0 Å². The molecule has 0 aromatic rings. The summed E-state index contributed by atoms with van der Waals surface area (Å²) in [5, 5.41) is 18.0. The Morgan fingerprint density at radius 2 is 1.52 bits per heavy atom. The molecule has 7 heteroatoms. The fourth-order valence-electron chi connectivity index (χ4n) is 2.78. The first-order valence-electron chi connectivity index (χ1n) is 7.61. The molecule has 0 aliphatic carbocycles. The molecule has 0 aromatic carbocycles. The number of piperidine rings is 2. The number of carbonyl (C=O) groups is 2. The molecule has 2 amide bonds. The van der Waals surface area contributed by atoms with E-state index >= 15 is 0 Å². The van der Waals surface area contributed by atoms with Crippen LogP contribution in [0.25, 0.3) is 0 Å². The van der Waals surface area contributed by atoms with E-state index in [4.69, 9.17) is 9.84 Å². The van der Waals surface area contributed by atoms with E-state index in [1.807, 2.05) is 4.90 Å². The molecular formula is C14H24N2O5. The molecular weight excluding hydrogens is 276 g/mol. The van der Waals surface area contributed by atoms with E-state index in [0.717, 1.165) is 12.8 Å². The second kappa shape index (κ2) is 7.61. The summed E-state index contributed by atoms with van der Waals surface area (Å²) in [4.78, 5) is 26.4. The topological polar surface area (TPSA) is 90.3 Å². The van der Waals surface area contributed by atoms with Gasteiger partial charge in [0.15, 0.2) is 0 Å². The Morgan fingerprint density at radius 3 is 2.05 bits per heavy atom. The number of ether oxygens (including phenoxy) is 1. The van der Waals surface area contributed by atoms with Crippen molar-refractivity contribution in [2.75, 3.05) is 32.8 Å². The van der Waals surface area contributed by atoms with Gasteiger partial charge in [0.2, 0.25) is 0 Å². The lowest BCUT2D eigenvalue weighted by Gasteiger charge is -2.37. The van der Waals surface area contributed by atoms with Crippen LogP contribution < -0.4 is 0 Å². The number of aliphatic carboxylic acids is 1. The summed E-state index contributed by atoms with van der Waals surface area (Å²) in [7, 11) is 0. The first-order chi connectivity index (χ1) is 10.1. The van der Waals surface area contributed by atoms with Gasteiger partial charge in [-0.05, 0) is 25.7 Å². The monoisotopic (exact) mass is 300 g/mol. The zero-order valence-corrected chi connectivity index (χ0v) is 12.2. The molecule has 2 fully saturated rings. The number of urea groups is 1. The normalized spacial score (nSPS) is 21.6. The van der Waals surface area contributed by atoms with E-state index in [0.29, 0.717) is 39.0 Å². The third-order valence-electron chi connectivity index (χ3n) is 4.12. The number of amides is 2. The summed E-state index contributed by atoms with van der Waals surface area (Å²) < 4.78 is 5.52. The van der Waals surface area contributed by atoms with Crippen LogP contribution in [0, 0.1) is 0 Å². The van der Waals surface area contributed by atoms with E-state index in [1.54, 1.807) is 4.90 Å². The van der Waals surface area contributed by atoms with Crippen molar-refractivity contribution >= 4 is 12.0 Å². The molecule has 7 nitrogen and oxygen atoms in total. The number of hydrogen-bond donors (Lipinski definition) is 2. The van der Waals surface area contributed by atoms with Gasteiger partial charge < -0.3 is 24.7 Å². The molecule has 2 heterocycles. The average molecular weight is 300 g/mol. The third-order valence-corrected chi connectivity index (χ3v) is 4.12. The van der Waals surface area contributed by atoms with E-state index in [2.05, 4.69) is 0 Å². The fraction of sp³-hybridized carbons (Fsp3) is 0.857. The van der Waals surface area contributed by atoms with Gasteiger partial charge in [0.05, 0.1) is 25.2 Å². The Morgan fingerprint density at radius 1 is 1.00 bits per heavy atom. The molecule has 120 valence electrons. The van der Waals surface area contributed by atoms with Crippen molar-refractivity contribution in [1.29, 1.82) is 0 Å². The van der Waals surface area contributed by atoms with Gasteiger partial charge in [0.25, 0.3) is 0 Å². The molecule has 2 rings (SSSR count). The molecule has 21 heavy (non-hydrogen) atoms. The summed E-state index contributed by atoms with van der Waals surface area (Å²) >= 11 is 0. The van der Waals surface area contributed by atoms with E-state index in [-0.39, 0.29) is 31.3 Å². The number of hydrogen-bond acceptors (Lipinski definition) is 4. The van der Waals surface area contributed by atoms with Crippen LogP contribution in [0.4, 0.5) is 4.79 Å². The van der Waals surface area contributed by atoms with Crippen LogP contribution in [-0.4, -0.2) is 77.0 Å². The molecule has 0 aromatic heterocycles. The predicted molar refractivity (Wildman–Crippen MR) is 75.0 cm³/mol. The highest BCUT2D eigenvalue weighted by Gasteiger charge is 2.28. The van der Waals surface area contributed by atoms with Crippen LogP contribution in [0.2, 0.25) is 0 Å². The van der Waals surface area contributed by atoms with E-state index in [9.17, 15) is 14.7 Å². The van der Waals surface area contributed by atoms with E-state index < -0.39 is 5.97 Å². The van der Waals surface area contributed by atoms with Gasteiger partial charge in [0, 0.05) is 26.2 Å². The zero-order chi connectivity index (χ0) is 15.2. The van der Waals surface area contributed by atoms with Crippen molar-refractivity contribution in [2.24, 2.45) is 0 Å². The lowest BCUT2D eigenvalue weighted by Crippen LogP contribution is -2.50. The Balaban J connectivity index is 1.68. The van der Waals surface area contributed by atoms with Gasteiger partial charge in [-0.25, -0.2) is 4.79 Å². The molecule has 0 spiro atoms. The number of carboxylic acid groups (broad SMARTS) is 1. The van der Waals surface area contributed by atoms with Gasteiger partial charge in [-0.2, -0.15) is 0 Å². The highest BCUT2D eigenvalue weighted by atomic mass is 16.5. The molecule has 0 saturated carbocycles. The van der Waals surface area contributed by atoms with Crippen LogP contribution in [0.5, 0.6) is 0 Å². The summed E-state index contributed by atoms with van der Waals surface area (Å²) in [6.45, 7) is 2.77. The molecule has 0 radical (unpaired) electrons. The number of aliphatic hydroxyl groups is 1. The van der Waals surface area contributed by atoms with Gasteiger partial charge in [0.1, 0.15) is 0 Å². The fourth-order valence-corrected chi connectivity index (χ4v) is 2.78. The minimum Gasteiger partial charge on any atom is -0.481 e. The summed E-state index contributed by atoms with van der Waals surface area (Å²) in [5.41, 5.74) is 0. The smallest absolute Gasteiger partial charge is 0.320 e. The maximum absolute atomic E-state index is 12.3. The Bertz CT molecular complexity index is 360. The minimum absolute atomic E-state index is 0.0231. The van der Waals surface area contributed by atoms with Crippen molar-refractivity contribution in [2.45, 2.75) is 44.3 Å². The number of nitrogens with zero attached hydrogens (tertiary/aromatic N) is 2. The number of likely N-dealkylation sites (tertiary alicyclic amines) is 2. The van der Waals surface area contributed by atoms with E-state index in [1.165, 1.54) is 0 Å². The average Bonchev–Trinajstić information content (AvgIpc) is 2.48. The molecule has 0 bridgehead atoms. The standard InChI is InChI=1S/C14H24N2O5/c17-11-1-6-15(7-2-11)14(20)16-8-3-12(4-9-16)21-10-5-13(18)19/h11-12,17H,1-10H2,(H,18,19). The lowest BCUT2D eigenvalue weighted by atomic mass is 10.1. The Hall–Kier alpha value is -1.34. The van der Waals surface area contributed by atoms with Crippen LogP contribution in [0.3, 0.4) is 0 Å². The van der Waals surface area contributed by atoms with Crippen LogP contribution in [-0.2, 0) is 9.53 Å².